The number of hydrogen-bond donors (Lipinski definition) is 0. The quantitative estimate of drug-likeness (QED) is 0.396. The monoisotopic (exact) mass is 477 g/mol. The van der Waals surface area contributed by atoms with Gasteiger partial charge in [0, 0.05) is 27.2 Å². The van der Waals surface area contributed by atoms with Gasteiger partial charge in [-0.3, -0.25) is 4.57 Å². The van der Waals surface area contributed by atoms with Crippen molar-refractivity contribution in [1.29, 1.82) is 0 Å². The minimum atomic E-state index is 0.181. The predicted molar refractivity (Wildman–Crippen MR) is 127 cm³/mol. The fraction of sp³-hybridized carbons (Fsp3) is 0.125. The average molecular weight is 478 g/mol. The number of ether oxygens (including phenoxy) is 2. The van der Waals surface area contributed by atoms with E-state index in [9.17, 15) is 0 Å². The van der Waals surface area contributed by atoms with Crippen LogP contribution < -0.4 is 14.5 Å². The van der Waals surface area contributed by atoms with E-state index in [1.54, 1.807) is 6.07 Å². The molecule has 6 rings (SSSR count). The molecule has 0 saturated carbocycles. The van der Waals surface area contributed by atoms with Gasteiger partial charge in [-0.15, -0.1) is 10.2 Å². The second-order valence-electron chi connectivity index (χ2n) is 7.71. The van der Waals surface area contributed by atoms with Gasteiger partial charge in [-0.25, -0.2) is 5.01 Å². The molecule has 164 valence electrons. The normalized spacial score (nSPS) is 13.9. The molecule has 3 heterocycles. The highest BCUT2D eigenvalue weighted by atomic mass is 35.5. The number of benzene rings is 3. The van der Waals surface area contributed by atoms with Crippen molar-refractivity contribution < 1.29 is 9.47 Å². The van der Waals surface area contributed by atoms with Crippen molar-refractivity contribution in [2.75, 3.05) is 11.8 Å². The summed E-state index contributed by atoms with van der Waals surface area (Å²) in [4.78, 5) is 0. The summed E-state index contributed by atoms with van der Waals surface area (Å²) in [6, 6.07) is 19.4. The molecule has 3 aromatic carbocycles. The van der Waals surface area contributed by atoms with E-state index in [-0.39, 0.29) is 6.79 Å². The number of para-hydroxylation sites is 1. The fourth-order valence-electron chi connectivity index (χ4n) is 4.06. The van der Waals surface area contributed by atoms with E-state index in [4.69, 9.17) is 37.8 Å². The number of hydrazone groups is 1. The lowest BCUT2D eigenvalue weighted by molar-refractivity contribution is 0.174. The van der Waals surface area contributed by atoms with E-state index < -0.39 is 0 Å². The second-order valence-corrected chi connectivity index (χ2v) is 8.55. The van der Waals surface area contributed by atoms with Gasteiger partial charge < -0.3 is 9.47 Å². The van der Waals surface area contributed by atoms with E-state index in [1.807, 2.05) is 71.1 Å². The molecule has 2 aliphatic rings. The Morgan fingerprint density at radius 3 is 2.52 bits per heavy atom. The van der Waals surface area contributed by atoms with Crippen LogP contribution in [0, 0.1) is 6.92 Å². The maximum absolute atomic E-state index is 6.59. The first-order valence-corrected chi connectivity index (χ1v) is 11.1. The Balaban J connectivity index is 1.54. The van der Waals surface area contributed by atoms with Crippen LogP contribution in [0.3, 0.4) is 0 Å². The molecule has 0 spiro atoms. The van der Waals surface area contributed by atoms with Gasteiger partial charge in [0.25, 0.3) is 5.95 Å². The van der Waals surface area contributed by atoms with Gasteiger partial charge >= 0.3 is 0 Å². The number of fused-ring (bicyclic) bond motifs is 4. The first-order valence-electron chi connectivity index (χ1n) is 10.3. The van der Waals surface area contributed by atoms with Gasteiger partial charge in [0.1, 0.15) is 11.5 Å². The van der Waals surface area contributed by atoms with Gasteiger partial charge in [-0.05, 0) is 36.8 Å². The summed E-state index contributed by atoms with van der Waals surface area (Å²) in [6.07, 6.45) is 0. The third-order valence-corrected chi connectivity index (χ3v) is 6.24. The molecule has 2 aliphatic heterocycles. The minimum Gasteiger partial charge on any atom is -0.454 e. The van der Waals surface area contributed by atoms with Crippen molar-refractivity contribution >= 4 is 34.9 Å². The molecule has 4 aromatic rings. The van der Waals surface area contributed by atoms with Crippen LogP contribution in [0.2, 0.25) is 10.0 Å². The van der Waals surface area contributed by atoms with Crippen molar-refractivity contribution in [1.82, 2.24) is 14.8 Å². The average Bonchev–Trinajstić information content (AvgIpc) is 3.40. The van der Waals surface area contributed by atoms with Gasteiger partial charge in [0.15, 0.2) is 11.5 Å². The van der Waals surface area contributed by atoms with Crippen LogP contribution in [0.25, 0.3) is 5.69 Å². The second kappa shape index (κ2) is 7.79. The van der Waals surface area contributed by atoms with Gasteiger partial charge in [-0.2, -0.15) is 5.10 Å². The lowest BCUT2D eigenvalue weighted by Crippen LogP contribution is -2.20. The molecular formula is C24H17Cl2N5O2. The van der Waals surface area contributed by atoms with Crippen molar-refractivity contribution in [2.24, 2.45) is 5.10 Å². The standard InChI is InChI=1S/C24H17Cl2N5O2/c1-14-27-28-24-30(12-16-10-21-22(11-19(16)26)33-13-32-21)29-23(15-6-8-17(25)9-7-15)18-4-2-3-5-20(18)31(14)24/h2-11H,12-13H2,1H3. The van der Waals surface area contributed by atoms with E-state index in [0.717, 1.165) is 33.9 Å². The van der Waals surface area contributed by atoms with Crippen molar-refractivity contribution in [3.63, 3.8) is 0 Å². The summed E-state index contributed by atoms with van der Waals surface area (Å²) >= 11 is 12.7. The molecule has 0 saturated heterocycles. The number of hydrogen-bond acceptors (Lipinski definition) is 6. The number of rotatable bonds is 3. The summed E-state index contributed by atoms with van der Waals surface area (Å²) in [6.45, 7) is 2.46. The van der Waals surface area contributed by atoms with Gasteiger partial charge in [0.2, 0.25) is 6.79 Å². The summed E-state index contributed by atoms with van der Waals surface area (Å²) in [7, 11) is 0. The van der Waals surface area contributed by atoms with Crippen molar-refractivity contribution in [3.8, 4) is 17.2 Å². The Labute approximate surface area is 199 Å². The number of aryl methyl sites for hydroxylation is 1. The molecule has 0 unspecified atom stereocenters. The highest BCUT2D eigenvalue weighted by Crippen LogP contribution is 2.38. The summed E-state index contributed by atoms with van der Waals surface area (Å²) in [5, 5.41) is 16.9. The van der Waals surface area contributed by atoms with E-state index in [1.165, 1.54) is 0 Å². The molecule has 0 fully saturated rings. The Morgan fingerprint density at radius 1 is 0.939 bits per heavy atom. The Kier molecular flexibility index (Phi) is 4.74. The third-order valence-electron chi connectivity index (χ3n) is 5.64. The van der Waals surface area contributed by atoms with Crippen LogP contribution in [0.5, 0.6) is 11.5 Å². The molecule has 0 radical (unpaired) electrons. The first kappa shape index (κ1) is 20.1. The molecule has 33 heavy (non-hydrogen) atoms. The molecule has 9 heteroatoms. The zero-order chi connectivity index (χ0) is 22.5. The largest absolute Gasteiger partial charge is 0.454 e. The lowest BCUT2D eigenvalue weighted by atomic mass is 10.0. The molecule has 0 bridgehead atoms. The SMILES string of the molecule is Cc1nnc2n1-c1ccccc1C(c1ccc(Cl)cc1)=NN2Cc1cc2c(cc1Cl)OCO2. The molecule has 0 atom stereocenters. The zero-order valence-electron chi connectivity index (χ0n) is 17.5. The Bertz CT molecular complexity index is 1420. The fourth-order valence-corrected chi connectivity index (χ4v) is 4.40. The molecule has 1 aromatic heterocycles. The zero-order valence-corrected chi connectivity index (χ0v) is 19.0. The van der Waals surface area contributed by atoms with Gasteiger partial charge in [-0.1, -0.05) is 53.5 Å². The van der Waals surface area contributed by atoms with Crippen LogP contribution >= 0.6 is 23.2 Å². The van der Waals surface area contributed by atoms with E-state index >= 15 is 0 Å². The topological polar surface area (TPSA) is 64.8 Å². The molecule has 0 amide bonds. The first-order chi connectivity index (χ1) is 16.1. The number of aromatic nitrogens is 3. The predicted octanol–water partition coefficient (Wildman–Crippen LogP) is 5.38. The molecule has 0 aliphatic carbocycles. The van der Waals surface area contributed by atoms with Crippen molar-refractivity contribution in [2.45, 2.75) is 13.5 Å². The number of nitrogens with zero attached hydrogens (tertiary/aromatic N) is 5. The summed E-state index contributed by atoms with van der Waals surface area (Å²) < 4.78 is 13.0. The maximum atomic E-state index is 6.59. The van der Waals surface area contributed by atoms with Crippen LogP contribution in [-0.2, 0) is 6.54 Å². The molecule has 0 N–H and O–H groups in total. The van der Waals surface area contributed by atoms with Crippen LogP contribution in [0.1, 0.15) is 22.5 Å². The highest BCUT2D eigenvalue weighted by molar-refractivity contribution is 6.31. The third kappa shape index (κ3) is 3.41. The summed E-state index contributed by atoms with van der Waals surface area (Å²) in [5.74, 6) is 2.65. The molecule has 7 nitrogen and oxygen atoms in total. The minimum absolute atomic E-state index is 0.181. The van der Waals surface area contributed by atoms with Crippen molar-refractivity contribution in [3.05, 3.63) is 93.2 Å². The van der Waals surface area contributed by atoms with Crippen LogP contribution in [-0.4, -0.2) is 27.3 Å². The molecular weight excluding hydrogens is 461 g/mol. The number of halogens is 2. The van der Waals surface area contributed by atoms with E-state index in [0.29, 0.717) is 34.0 Å². The Hall–Kier alpha value is -3.55. The van der Waals surface area contributed by atoms with Gasteiger partial charge in [0.05, 0.1) is 12.2 Å². The van der Waals surface area contributed by atoms with Crippen LogP contribution in [0.15, 0.2) is 65.8 Å². The van der Waals surface area contributed by atoms with E-state index in [2.05, 4.69) is 10.2 Å². The summed E-state index contributed by atoms with van der Waals surface area (Å²) in [5.41, 5.74) is 4.47. The smallest absolute Gasteiger partial charge is 0.252 e. The highest BCUT2D eigenvalue weighted by Gasteiger charge is 2.27. The maximum Gasteiger partial charge on any atom is 0.252 e. The van der Waals surface area contributed by atoms with Crippen LogP contribution in [0.4, 0.5) is 5.95 Å². The Morgan fingerprint density at radius 2 is 1.70 bits per heavy atom. The number of anilines is 1. The lowest BCUT2D eigenvalue weighted by Gasteiger charge is -2.19.